The van der Waals surface area contributed by atoms with Crippen molar-refractivity contribution in [3.63, 3.8) is 0 Å². The average Bonchev–Trinajstić information content (AvgIpc) is 2.42. The third kappa shape index (κ3) is 5.36. The van der Waals surface area contributed by atoms with Crippen molar-refractivity contribution in [2.24, 2.45) is 11.8 Å². The fraction of sp³-hybridized carbons (Fsp3) is 0.857. The third-order valence-electron chi connectivity index (χ3n) is 3.67. The number of rotatable bonds is 6. The molecule has 0 aromatic heterocycles. The first-order valence-corrected chi connectivity index (χ1v) is 7.24. The molecule has 6 nitrogen and oxygen atoms in total. The Hall–Kier alpha value is -1.30. The second-order valence-electron chi connectivity index (χ2n) is 5.73. The van der Waals surface area contributed by atoms with Gasteiger partial charge in [0, 0.05) is 32.7 Å². The number of amides is 2. The quantitative estimate of drug-likeness (QED) is 0.776. The summed E-state index contributed by atoms with van der Waals surface area (Å²) >= 11 is 0. The summed E-state index contributed by atoms with van der Waals surface area (Å²) in [4.78, 5) is 23.7. The second kappa shape index (κ2) is 8.09. The summed E-state index contributed by atoms with van der Waals surface area (Å²) in [5.74, 6) is -0.132. The van der Waals surface area contributed by atoms with Gasteiger partial charge in [0.05, 0.1) is 12.5 Å². The first-order valence-electron chi connectivity index (χ1n) is 7.24. The van der Waals surface area contributed by atoms with E-state index in [0.29, 0.717) is 18.4 Å². The van der Waals surface area contributed by atoms with Crippen LogP contribution in [-0.2, 0) is 9.53 Å². The van der Waals surface area contributed by atoms with Crippen LogP contribution in [0.25, 0.3) is 0 Å². The van der Waals surface area contributed by atoms with E-state index in [2.05, 4.69) is 19.2 Å². The molecule has 1 aliphatic rings. The molecule has 6 heteroatoms. The van der Waals surface area contributed by atoms with Crippen LogP contribution in [0, 0.1) is 11.8 Å². The van der Waals surface area contributed by atoms with E-state index in [4.69, 9.17) is 9.84 Å². The number of nitrogens with one attached hydrogen (secondary N) is 1. The van der Waals surface area contributed by atoms with Gasteiger partial charge in [0.15, 0.2) is 0 Å². The molecule has 116 valence electrons. The summed E-state index contributed by atoms with van der Waals surface area (Å²) in [6, 6.07) is -0.223. The van der Waals surface area contributed by atoms with Crippen molar-refractivity contribution in [2.45, 2.75) is 39.2 Å². The maximum absolute atomic E-state index is 11.9. The fourth-order valence-corrected chi connectivity index (χ4v) is 2.54. The lowest BCUT2D eigenvalue weighted by molar-refractivity contribution is -0.137. The molecule has 0 radical (unpaired) electrons. The number of aliphatic carboxylic acids is 1. The number of hydrogen-bond donors (Lipinski definition) is 2. The Morgan fingerprint density at radius 1 is 1.45 bits per heavy atom. The topological polar surface area (TPSA) is 78.9 Å². The van der Waals surface area contributed by atoms with Crippen molar-refractivity contribution in [1.82, 2.24) is 10.2 Å². The van der Waals surface area contributed by atoms with Gasteiger partial charge in [0.25, 0.3) is 0 Å². The van der Waals surface area contributed by atoms with Crippen LogP contribution >= 0.6 is 0 Å². The first kappa shape index (κ1) is 16.8. The number of urea groups is 1. The second-order valence-corrected chi connectivity index (χ2v) is 5.73. The number of hydrogen-bond acceptors (Lipinski definition) is 3. The molecule has 1 fully saturated rings. The molecule has 1 aliphatic heterocycles. The van der Waals surface area contributed by atoms with Crippen molar-refractivity contribution in [1.29, 1.82) is 0 Å². The van der Waals surface area contributed by atoms with Gasteiger partial charge in [0.1, 0.15) is 0 Å². The Morgan fingerprint density at radius 3 is 2.75 bits per heavy atom. The molecule has 0 aliphatic carbocycles. The van der Waals surface area contributed by atoms with Gasteiger partial charge in [-0.3, -0.25) is 4.79 Å². The van der Waals surface area contributed by atoms with E-state index in [0.717, 1.165) is 19.4 Å². The van der Waals surface area contributed by atoms with Crippen molar-refractivity contribution in [3.05, 3.63) is 0 Å². The monoisotopic (exact) mass is 286 g/mol. The van der Waals surface area contributed by atoms with E-state index in [1.54, 1.807) is 7.05 Å². The van der Waals surface area contributed by atoms with Crippen LogP contribution < -0.4 is 5.32 Å². The molecule has 0 saturated carbocycles. The Morgan fingerprint density at radius 2 is 2.15 bits per heavy atom. The highest BCUT2D eigenvalue weighted by Gasteiger charge is 2.28. The van der Waals surface area contributed by atoms with E-state index in [9.17, 15) is 9.59 Å². The standard InChI is InChI=1S/C14H26N2O4/c1-10(2)13-11(5-4-8-20-13)9-15-14(19)16(3)7-6-12(17)18/h10-11,13H,4-9H2,1-3H3,(H,15,19)(H,17,18). The van der Waals surface area contributed by atoms with Gasteiger partial charge >= 0.3 is 12.0 Å². The van der Waals surface area contributed by atoms with Crippen LogP contribution in [0.1, 0.15) is 33.1 Å². The third-order valence-corrected chi connectivity index (χ3v) is 3.67. The Bertz CT molecular complexity index is 333. The predicted molar refractivity (Wildman–Crippen MR) is 75.6 cm³/mol. The largest absolute Gasteiger partial charge is 0.481 e. The molecule has 0 spiro atoms. The molecule has 1 saturated heterocycles. The van der Waals surface area contributed by atoms with Crippen molar-refractivity contribution < 1.29 is 19.4 Å². The van der Waals surface area contributed by atoms with Crippen molar-refractivity contribution in [3.8, 4) is 0 Å². The summed E-state index contributed by atoms with van der Waals surface area (Å²) in [5.41, 5.74) is 0. The number of carbonyl (C=O) groups is 2. The lowest BCUT2D eigenvalue weighted by Gasteiger charge is -2.34. The van der Waals surface area contributed by atoms with E-state index in [1.807, 2.05) is 0 Å². The van der Waals surface area contributed by atoms with Gasteiger partial charge < -0.3 is 20.1 Å². The molecule has 1 heterocycles. The number of carboxylic acids is 1. The van der Waals surface area contributed by atoms with Crippen LogP contribution in [0.4, 0.5) is 4.79 Å². The van der Waals surface area contributed by atoms with Crippen LogP contribution in [0.15, 0.2) is 0 Å². The molecule has 2 amide bonds. The lowest BCUT2D eigenvalue weighted by Crippen LogP contribution is -2.45. The minimum Gasteiger partial charge on any atom is -0.481 e. The van der Waals surface area contributed by atoms with Crippen molar-refractivity contribution in [2.75, 3.05) is 26.7 Å². The Labute approximate surface area is 120 Å². The van der Waals surface area contributed by atoms with Gasteiger partial charge in [-0.2, -0.15) is 0 Å². The van der Waals surface area contributed by atoms with E-state index in [-0.39, 0.29) is 25.1 Å². The van der Waals surface area contributed by atoms with Gasteiger partial charge in [0.2, 0.25) is 0 Å². The smallest absolute Gasteiger partial charge is 0.317 e. The van der Waals surface area contributed by atoms with Crippen LogP contribution in [0.5, 0.6) is 0 Å². The molecular formula is C14H26N2O4. The van der Waals surface area contributed by atoms with E-state index >= 15 is 0 Å². The molecule has 2 atom stereocenters. The zero-order valence-electron chi connectivity index (χ0n) is 12.6. The van der Waals surface area contributed by atoms with Crippen LogP contribution in [0.2, 0.25) is 0 Å². The van der Waals surface area contributed by atoms with Gasteiger partial charge in [-0.05, 0) is 18.8 Å². The lowest BCUT2D eigenvalue weighted by atomic mass is 9.87. The minimum absolute atomic E-state index is 0.0366. The molecular weight excluding hydrogens is 260 g/mol. The Balaban J connectivity index is 2.36. The molecule has 2 N–H and O–H groups in total. The minimum atomic E-state index is -0.898. The highest BCUT2D eigenvalue weighted by atomic mass is 16.5. The number of carbonyl (C=O) groups excluding carboxylic acids is 1. The van der Waals surface area contributed by atoms with Gasteiger partial charge in [-0.1, -0.05) is 13.8 Å². The maximum atomic E-state index is 11.9. The predicted octanol–water partition coefficient (Wildman–Crippen LogP) is 1.55. The summed E-state index contributed by atoms with van der Waals surface area (Å²) in [5, 5.41) is 11.5. The Kier molecular flexibility index (Phi) is 6.78. The van der Waals surface area contributed by atoms with Crippen LogP contribution in [0.3, 0.4) is 0 Å². The average molecular weight is 286 g/mol. The van der Waals surface area contributed by atoms with E-state index < -0.39 is 5.97 Å². The summed E-state index contributed by atoms with van der Waals surface area (Å²) in [7, 11) is 1.61. The van der Waals surface area contributed by atoms with Gasteiger partial charge in [-0.25, -0.2) is 4.79 Å². The fourth-order valence-electron chi connectivity index (χ4n) is 2.54. The van der Waals surface area contributed by atoms with Crippen LogP contribution in [-0.4, -0.2) is 54.9 Å². The summed E-state index contributed by atoms with van der Waals surface area (Å²) in [6.07, 6.45) is 2.24. The zero-order chi connectivity index (χ0) is 15.1. The highest BCUT2D eigenvalue weighted by molar-refractivity contribution is 5.74. The number of nitrogens with zero attached hydrogens (tertiary/aromatic N) is 1. The molecule has 0 aromatic carbocycles. The number of ether oxygens (including phenoxy) is 1. The summed E-state index contributed by atoms with van der Waals surface area (Å²) in [6.45, 7) is 5.86. The summed E-state index contributed by atoms with van der Waals surface area (Å²) < 4.78 is 5.78. The maximum Gasteiger partial charge on any atom is 0.317 e. The molecule has 2 unspecified atom stereocenters. The van der Waals surface area contributed by atoms with Crippen molar-refractivity contribution >= 4 is 12.0 Å². The first-order chi connectivity index (χ1) is 9.41. The highest BCUT2D eigenvalue weighted by Crippen LogP contribution is 2.25. The zero-order valence-corrected chi connectivity index (χ0v) is 12.6. The number of carboxylic acid groups (broad SMARTS) is 1. The SMILES string of the molecule is CC(C)C1OCCCC1CNC(=O)N(C)CCC(=O)O. The normalized spacial score (nSPS) is 22.6. The molecule has 0 bridgehead atoms. The molecule has 0 aromatic rings. The molecule has 20 heavy (non-hydrogen) atoms. The molecule has 1 rings (SSSR count). The van der Waals surface area contributed by atoms with E-state index in [1.165, 1.54) is 4.90 Å². The van der Waals surface area contributed by atoms with Gasteiger partial charge in [-0.15, -0.1) is 0 Å².